The molecule has 0 aliphatic carbocycles. The normalized spacial score (nSPS) is 15.3. The largest absolute Gasteiger partial charge is 0.493 e. The van der Waals surface area contributed by atoms with Gasteiger partial charge in [0.05, 0.1) is 24.9 Å². The van der Waals surface area contributed by atoms with Crippen LogP contribution in [0.2, 0.25) is 0 Å². The van der Waals surface area contributed by atoms with Crippen molar-refractivity contribution >= 4 is 24.5 Å². The minimum absolute atomic E-state index is 0.0845. The third-order valence-corrected chi connectivity index (χ3v) is 5.22. The van der Waals surface area contributed by atoms with Crippen molar-refractivity contribution in [2.75, 3.05) is 26.7 Å². The van der Waals surface area contributed by atoms with Crippen LogP contribution in [0.3, 0.4) is 0 Å². The van der Waals surface area contributed by atoms with Crippen molar-refractivity contribution in [3.8, 4) is 11.5 Å². The standard InChI is InChI=1S/C23H23N3O3/c1-24-20-11-22(29-15-16-6-4-3-5-7-16)21(28-2)10-19(20)23(27)26-9-8-17-12-25-13-18(17)14-26/h3-7,10-12H,1,8-9,13-15H2,2H3. The SMILES string of the molecule is C=Nc1cc(OCc2ccccc2)c(OC)cc1C(=O)N1CCC2=C(CN=C2)C1. The van der Waals surface area contributed by atoms with E-state index in [9.17, 15) is 4.79 Å². The van der Waals surface area contributed by atoms with E-state index in [4.69, 9.17) is 9.47 Å². The molecule has 0 saturated heterocycles. The zero-order chi connectivity index (χ0) is 20.2. The highest BCUT2D eigenvalue weighted by Gasteiger charge is 2.27. The summed E-state index contributed by atoms with van der Waals surface area (Å²) in [5.74, 6) is 0.944. The van der Waals surface area contributed by atoms with Crippen LogP contribution in [-0.2, 0) is 6.61 Å². The van der Waals surface area contributed by atoms with Gasteiger partial charge in [-0.1, -0.05) is 30.3 Å². The highest BCUT2D eigenvalue weighted by Crippen LogP contribution is 2.36. The Morgan fingerprint density at radius 1 is 1.24 bits per heavy atom. The summed E-state index contributed by atoms with van der Waals surface area (Å²) >= 11 is 0. The maximum atomic E-state index is 13.2. The molecule has 6 nitrogen and oxygen atoms in total. The van der Waals surface area contributed by atoms with Gasteiger partial charge in [-0.05, 0) is 35.9 Å². The van der Waals surface area contributed by atoms with E-state index in [0.717, 1.165) is 12.0 Å². The fraction of sp³-hybridized carbons (Fsp3) is 0.261. The molecule has 2 aromatic rings. The molecular formula is C23H23N3O3. The first-order valence-corrected chi connectivity index (χ1v) is 9.55. The molecule has 0 N–H and O–H groups in total. The maximum Gasteiger partial charge on any atom is 0.256 e. The van der Waals surface area contributed by atoms with Crippen molar-refractivity contribution in [1.82, 2.24) is 4.90 Å². The third kappa shape index (κ3) is 3.92. The predicted molar refractivity (Wildman–Crippen MR) is 114 cm³/mol. The molecule has 2 aliphatic rings. The van der Waals surface area contributed by atoms with Crippen LogP contribution in [0.1, 0.15) is 22.3 Å². The van der Waals surface area contributed by atoms with E-state index in [0.29, 0.717) is 49.0 Å². The number of benzene rings is 2. The number of methoxy groups -OCH3 is 1. The van der Waals surface area contributed by atoms with Crippen LogP contribution in [0.15, 0.2) is 63.6 Å². The number of ether oxygens (including phenoxy) is 2. The Hall–Kier alpha value is -3.41. The van der Waals surface area contributed by atoms with Crippen molar-refractivity contribution in [1.29, 1.82) is 0 Å². The lowest BCUT2D eigenvalue weighted by Gasteiger charge is -2.28. The highest BCUT2D eigenvalue weighted by molar-refractivity contribution is 6.00. The number of rotatable bonds is 6. The van der Waals surface area contributed by atoms with Crippen molar-refractivity contribution in [2.24, 2.45) is 9.98 Å². The molecule has 0 unspecified atom stereocenters. The van der Waals surface area contributed by atoms with E-state index in [1.165, 1.54) is 11.1 Å². The van der Waals surface area contributed by atoms with Gasteiger partial charge in [-0.15, -0.1) is 0 Å². The van der Waals surface area contributed by atoms with Gasteiger partial charge in [0.25, 0.3) is 5.91 Å². The number of aliphatic imine (C=N–C) groups is 2. The summed E-state index contributed by atoms with van der Waals surface area (Å²) in [4.78, 5) is 23.4. The van der Waals surface area contributed by atoms with E-state index in [-0.39, 0.29) is 5.91 Å². The quantitative estimate of drug-likeness (QED) is 0.706. The summed E-state index contributed by atoms with van der Waals surface area (Å²) in [6.45, 7) is 5.97. The second-order valence-electron chi connectivity index (χ2n) is 7.03. The summed E-state index contributed by atoms with van der Waals surface area (Å²) < 4.78 is 11.4. The van der Waals surface area contributed by atoms with Crippen LogP contribution >= 0.6 is 0 Å². The zero-order valence-electron chi connectivity index (χ0n) is 16.4. The summed E-state index contributed by atoms with van der Waals surface area (Å²) in [7, 11) is 1.56. The summed E-state index contributed by atoms with van der Waals surface area (Å²) in [6.07, 6.45) is 2.76. The molecule has 2 aromatic carbocycles. The fourth-order valence-corrected chi connectivity index (χ4v) is 3.62. The van der Waals surface area contributed by atoms with Crippen LogP contribution in [0, 0.1) is 0 Å². The van der Waals surface area contributed by atoms with Crippen LogP contribution in [-0.4, -0.2) is 50.5 Å². The van der Waals surface area contributed by atoms with Crippen molar-refractivity contribution in [3.05, 3.63) is 64.7 Å². The molecule has 0 bridgehead atoms. The van der Waals surface area contributed by atoms with Crippen LogP contribution in [0.4, 0.5) is 5.69 Å². The first-order chi connectivity index (χ1) is 14.2. The lowest BCUT2D eigenvalue weighted by Crippen LogP contribution is -2.37. The molecule has 29 heavy (non-hydrogen) atoms. The molecule has 0 saturated carbocycles. The second-order valence-corrected chi connectivity index (χ2v) is 7.03. The zero-order valence-corrected chi connectivity index (χ0v) is 16.4. The smallest absolute Gasteiger partial charge is 0.256 e. The van der Waals surface area contributed by atoms with Gasteiger partial charge in [0.1, 0.15) is 6.61 Å². The summed E-state index contributed by atoms with van der Waals surface area (Å²) in [5, 5.41) is 0. The Labute approximate surface area is 170 Å². The van der Waals surface area contributed by atoms with Crippen LogP contribution in [0.25, 0.3) is 0 Å². The first-order valence-electron chi connectivity index (χ1n) is 9.55. The molecule has 0 atom stereocenters. The van der Waals surface area contributed by atoms with Crippen molar-refractivity contribution < 1.29 is 14.3 Å². The van der Waals surface area contributed by atoms with Gasteiger partial charge in [-0.2, -0.15) is 0 Å². The number of hydrogen-bond acceptors (Lipinski definition) is 5. The Bertz CT molecular complexity index is 996. The Morgan fingerprint density at radius 2 is 2.07 bits per heavy atom. The van der Waals surface area contributed by atoms with E-state index in [1.807, 2.05) is 41.4 Å². The molecule has 0 spiro atoms. The molecule has 0 fully saturated rings. The third-order valence-electron chi connectivity index (χ3n) is 5.22. The fourth-order valence-electron chi connectivity index (χ4n) is 3.62. The van der Waals surface area contributed by atoms with E-state index in [1.54, 1.807) is 19.2 Å². The predicted octanol–water partition coefficient (Wildman–Crippen LogP) is 3.83. The number of nitrogens with zero attached hydrogens (tertiary/aromatic N) is 3. The average Bonchev–Trinajstić information content (AvgIpc) is 3.25. The van der Waals surface area contributed by atoms with Gasteiger partial charge >= 0.3 is 0 Å². The molecule has 0 aromatic heterocycles. The maximum absolute atomic E-state index is 13.2. The second kappa shape index (κ2) is 8.31. The van der Waals surface area contributed by atoms with Gasteiger partial charge in [0, 0.05) is 25.4 Å². The Kier molecular flexibility index (Phi) is 5.42. The molecule has 0 radical (unpaired) electrons. The summed E-state index contributed by atoms with van der Waals surface area (Å²) in [5.41, 5.74) is 4.47. The van der Waals surface area contributed by atoms with Gasteiger partial charge < -0.3 is 14.4 Å². The monoisotopic (exact) mass is 389 g/mol. The van der Waals surface area contributed by atoms with Crippen LogP contribution < -0.4 is 9.47 Å². The van der Waals surface area contributed by atoms with E-state index >= 15 is 0 Å². The molecule has 6 heteroatoms. The van der Waals surface area contributed by atoms with Crippen LogP contribution in [0.5, 0.6) is 11.5 Å². The van der Waals surface area contributed by atoms with Crippen molar-refractivity contribution in [3.63, 3.8) is 0 Å². The molecule has 4 rings (SSSR count). The molecule has 2 aliphatic heterocycles. The Balaban J connectivity index is 1.57. The topological polar surface area (TPSA) is 63.5 Å². The summed E-state index contributed by atoms with van der Waals surface area (Å²) in [6, 6.07) is 13.3. The average molecular weight is 389 g/mol. The van der Waals surface area contributed by atoms with Gasteiger partial charge in [-0.3, -0.25) is 14.8 Å². The minimum atomic E-state index is -0.0845. The van der Waals surface area contributed by atoms with Gasteiger partial charge in [-0.25, -0.2) is 0 Å². The van der Waals surface area contributed by atoms with Gasteiger partial charge in [0.15, 0.2) is 11.5 Å². The first kappa shape index (κ1) is 18.9. The molecule has 1 amide bonds. The van der Waals surface area contributed by atoms with Crippen molar-refractivity contribution in [2.45, 2.75) is 13.0 Å². The minimum Gasteiger partial charge on any atom is -0.493 e. The molecular weight excluding hydrogens is 366 g/mol. The number of hydrogen-bond donors (Lipinski definition) is 0. The lowest BCUT2D eigenvalue weighted by atomic mass is 10.0. The number of amides is 1. The number of carbonyl (C=O) groups is 1. The lowest BCUT2D eigenvalue weighted by molar-refractivity contribution is 0.0765. The van der Waals surface area contributed by atoms with E-state index < -0.39 is 0 Å². The molecule has 148 valence electrons. The van der Waals surface area contributed by atoms with Gasteiger partial charge in [0.2, 0.25) is 0 Å². The molecule has 2 heterocycles. The van der Waals surface area contributed by atoms with E-state index in [2.05, 4.69) is 16.7 Å². The number of carbonyl (C=O) groups excluding carboxylic acids is 1. The highest BCUT2D eigenvalue weighted by atomic mass is 16.5. The Morgan fingerprint density at radius 3 is 2.83 bits per heavy atom.